The summed E-state index contributed by atoms with van der Waals surface area (Å²) in [5.74, 6) is 1.75. The highest BCUT2D eigenvalue weighted by Crippen LogP contribution is 2.33. The molecule has 1 N–H and O–H groups in total. The van der Waals surface area contributed by atoms with Crippen LogP contribution in [0.1, 0.15) is 0 Å². The van der Waals surface area contributed by atoms with Crippen molar-refractivity contribution in [3.8, 4) is 11.4 Å². The number of H-pyrrole nitrogens is 1. The van der Waals surface area contributed by atoms with Crippen molar-refractivity contribution < 1.29 is 14.3 Å². The van der Waals surface area contributed by atoms with Crippen molar-refractivity contribution in [3.63, 3.8) is 0 Å². The Hall–Kier alpha value is -3.13. The smallest absolute Gasteiger partial charge is 0.373 e. The van der Waals surface area contributed by atoms with Crippen LogP contribution in [0.25, 0.3) is 32.5 Å². The summed E-state index contributed by atoms with van der Waals surface area (Å²) in [6.45, 7) is 3.20. The summed E-state index contributed by atoms with van der Waals surface area (Å²) in [6, 6.07) is 8.13. The number of carbonyl (C=O) groups excluding carboxylic acids is 2. The topological polar surface area (TPSA) is 101 Å². The molecule has 5 rings (SSSR count). The Balaban J connectivity index is 0.000000565. The highest BCUT2D eigenvalue weighted by molar-refractivity contribution is 7.17. The molecular formula is C18H15N5O3S. The quantitative estimate of drug-likeness (QED) is 0.569. The van der Waals surface area contributed by atoms with Crippen molar-refractivity contribution in [2.75, 3.05) is 31.2 Å². The maximum absolute atomic E-state index is 8.12. The zero-order valence-electron chi connectivity index (χ0n) is 14.2. The molecule has 136 valence electrons. The molecular weight excluding hydrogens is 366 g/mol. The van der Waals surface area contributed by atoms with E-state index in [1.54, 1.807) is 11.3 Å². The molecule has 4 heterocycles. The second-order valence-corrected chi connectivity index (χ2v) is 6.74. The molecule has 8 nitrogen and oxygen atoms in total. The van der Waals surface area contributed by atoms with Crippen LogP contribution in [0.2, 0.25) is 0 Å². The van der Waals surface area contributed by atoms with Gasteiger partial charge in [0.1, 0.15) is 0 Å². The summed E-state index contributed by atoms with van der Waals surface area (Å²) in [6.07, 6.45) is 2.08. The van der Waals surface area contributed by atoms with E-state index in [1.165, 1.54) is 0 Å². The molecule has 0 bridgehead atoms. The predicted octanol–water partition coefficient (Wildman–Crippen LogP) is 2.49. The molecule has 1 saturated heterocycles. The van der Waals surface area contributed by atoms with Gasteiger partial charge in [0.15, 0.2) is 11.6 Å². The standard InChI is InChI=1S/C17H15N5OS.CO2/c1-2-11(12-10-18-21-13(12)3-1)16-19-14-4-9-24-15(14)17(20-16)22-5-7-23-8-6-22;2-1-3/h1-4,9-10H,5-8H2,(H,18,21);. The molecule has 0 unspecified atom stereocenters. The number of anilines is 1. The second kappa shape index (κ2) is 7.63. The Labute approximate surface area is 157 Å². The molecule has 0 spiro atoms. The van der Waals surface area contributed by atoms with Crippen LogP contribution in [0.5, 0.6) is 0 Å². The van der Waals surface area contributed by atoms with Gasteiger partial charge in [-0.15, -0.1) is 11.3 Å². The number of rotatable bonds is 2. The van der Waals surface area contributed by atoms with Gasteiger partial charge in [-0.2, -0.15) is 14.7 Å². The van der Waals surface area contributed by atoms with Crippen LogP contribution in [0, 0.1) is 0 Å². The molecule has 0 aliphatic carbocycles. The van der Waals surface area contributed by atoms with Crippen molar-refractivity contribution in [1.29, 1.82) is 0 Å². The Morgan fingerprint density at radius 2 is 1.96 bits per heavy atom. The summed E-state index contributed by atoms with van der Waals surface area (Å²) in [5, 5.41) is 10.3. The summed E-state index contributed by atoms with van der Waals surface area (Å²) >= 11 is 1.69. The van der Waals surface area contributed by atoms with E-state index in [2.05, 4.69) is 32.6 Å². The van der Waals surface area contributed by atoms with Gasteiger partial charge in [0.25, 0.3) is 0 Å². The average molecular weight is 381 g/mol. The molecule has 27 heavy (non-hydrogen) atoms. The molecule has 1 fully saturated rings. The van der Waals surface area contributed by atoms with Gasteiger partial charge >= 0.3 is 6.15 Å². The number of hydrogen-bond donors (Lipinski definition) is 1. The molecule has 0 saturated carbocycles. The number of nitrogens with one attached hydrogen (secondary N) is 1. The minimum absolute atomic E-state index is 0.250. The molecule has 0 amide bonds. The molecule has 1 aliphatic rings. The van der Waals surface area contributed by atoms with E-state index in [9.17, 15) is 0 Å². The Morgan fingerprint density at radius 1 is 1.15 bits per heavy atom. The first-order valence-electron chi connectivity index (χ1n) is 8.31. The first-order valence-corrected chi connectivity index (χ1v) is 9.19. The molecule has 0 radical (unpaired) electrons. The van der Waals surface area contributed by atoms with Crippen LogP contribution >= 0.6 is 11.3 Å². The van der Waals surface area contributed by atoms with Gasteiger partial charge in [0.05, 0.1) is 35.1 Å². The summed E-state index contributed by atoms with van der Waals surface area (Å²) in [5.41, 5.74) is 2.99. The van der Waals surface area contributed by atoms with E-state index in [-0.39, 0.29) is 6.15 Å². The number of benzene rings is 1. The second-order valence-electron chi connectivity index (χ2n) is 5.83. The summed E-state index contributed by atoms with van der Waals surface area (Å²) in [7, 11) is 0. The van der Waals surface area contributed by atoms with Gasteiger partial charge in [0, 0.05) is 24.0 Å². The van der Waals surface area contributed by atoms with E-state index >= 15 is 0 Å². The minimum atomic E-state index is 0.250. The number of thiophene rings is 1. The van der Waals surface area contributed by atoms with Crippen molar-refractivity contribution >= 4 is 44.4 Å². The molecule has 1 aliphatic heterocycles. The lowest BCUT2D eigenvalue weighted by Gasteiger charge is -2.28. The fraction of sp³-hybridized carbons (Fsp3) is 0.222. The van der Waals surface area contributed by atoms with Gasteiger partial charge in [-0.05, 0) is 17.5 Å². The monoisotopic (exact) mass is 381 g/mol. The zero-order chi connectivity index (χ0) is 18.6. The molecule has 3 aromatic heterocycles. The number of aromatic amines is 1. The third kappa shape index (κ3) is 3.31. The maximum atomic E-state index is 8.12. The number of morpholine rings is 1. The van der Waals surface area contributed by atoms with Crippen molar-refractivity contribution in [2.24, 2.45) is 0 Å². The summed E-state index contributed by atoms with van der Waals surface area (Å²) in [4.78, 5) is 28.3. The fourth-order valence-corrected chi connectivity index (χ4v) is 3.97. The summed E-state index contributed by atoms with van der Waals surface area (Å²) < 4.78 is 6.62. The number of nitrogens with zero attached hydrogens (tertiary/aromatic N) is 4. The van der Waals surface area contributed by atoms with E-state index in [0.29, 0.717) is 0 Å². The number of aromatic nitrogens is 4. The highest BCUT2D eigenvalue weighted by atomic mass is 32.1. The van der Waals surface area contributed by atoms with Crippen LogP contribution in [0.4, 0.5) is 5.82 Å². The van der Waals surface area contributed by atoms with Gasteiger partial charge in [-0.25, -0.2) is 9.97 Å². The lowest BCUT2D eigenvalue weighted by molar-refractivity contribution is -0.191. The fourth-order valence-electron chi connectivity index (χ4n) is 3.12. The predicted molar refractivity (Wildman–Crippen MR) is 101 cm³/mol. The van der Waals surface area contributed by atoms with E-state index in [1.807, 2.05) is 18.3 Å². The van der Waals surface area contributed by atoms with Gasteiger partial charge in [-0.3, -0.25) is 5.10 Å². The Bertz CT molecular complexity index is 1110. The van der Waals surface area contributed by atoms with Gasteiger partial charge in [-0.1, -0.05) is 12.1 Å². The normalized spacial score (nSPS) is 14.0. The van der Waals surface area contributed by atoms with Gasteiger partial charge in [0.2, 0.25) is 0 Å². The minimum Gasteiger partial charge on any atom is -0.378 e. The molecule has 1 aromatic carbocycles. The molecule has 9 heteroatoms. The number of ether oxygens (including phenoxy) is 1. The van der Waals surface area contributed by atoms with Crippen LogP contribution in [-0.2, 0) is 14.3 Å². The third-order valence-corrected chi connectivity index (χ3v) is 5.22. The average Bonchev–Trinajstić information content (AvgIpc) is 3.37. The van der Waals surface area contributed by atoms with E-state index in [4.69, 9.17) is 24.3 Å². The molecule has 4 aromatic rings. The lowest BCUT2D eigenvalue weighted by atomic mass is 10.1. The van der Waals surface area contributed by atoms with Crippen LogP contribution < -0.4 is 4.90 Å². The Morgan fingerprint density at radius 3 is 2.78 bits per heavy atom. The SMILES string of the molecule is O=C=O.c1cc(-c2nc(N3CCOCC3)c3sccc3n2)c2cn[nH]c2c1. The third-order valence-electron chi connectivity index (χ3n) is 4.32. The maximum Gasteiger partial charge on any atom is 0.373 e. The highest BCUT2D eigenvalue weighted by Gasteiger charge is 2.19. The molecule has 0 atom stereocenters. The van der Waals surface area contributed by atoms with E-state index in [0.717, 1.165) is 64.6 Å². The Kier molecular flexibility index (Phi) is 4.88. The largest absolute Gasteiger partial charge is 0.378 e. The zero-order valence-corrected chi connectivity index (χ0v) is 15.0. The number of hydrogen-bond acceptors (Lipinski definition) is 8. The van der Waals surface area contributed by atoms with Crippen molar-refractivity contribution in [2.45, 2.75) is 0 Å². The first kappa shape index (κ1) is 17.3. The van der Waals surface area contributed by atoms with Crippen LogP contribution in [-0.4, -0.2) is 52.6 Å². The number of fused-ring (bicyclic) bond motifs is 2. The van der Waals surface area contributed by atoms with E-state index < -0.39 is 0 Å². The first-order chi connectivity index (χ1) is 13.3. The van der Waals surface area contributed by atoms with Crippen molar-refractivity contribution in [3.05, 3.63) is 35.8 Å². The van der Waals surface area contributed by atoms with Crippen molar-refractivity contribution in [1.82, 2.24) is 20.2 Å². The van der Waals surface area contributed by atoms with Gasteiger partial charge < -0.3 is 9.64 Å². The van der Waals surface area contributed by atoms with Crippen LogP contribution in [0.15, 0.2) is 35.8 Å². The lowest BCUT2D eigenvalue weighted by Crippen LogP contribution is -2.36. The van der Waals surface area contributed by atoms with Crippen LogP contribution in [0.3, 0.4) is 0 Å².